The van der Waals surface area contributed by atoms with Crippen LogP contribution in [0, 0.1) is 6.92 Å². The minimum atomic E-state index is -4.05. The summed E-state index contributed by atoms with van der Waals surface area (Å²) in [6.07, 6.45) is 0.765. The van der Waals surface area contributed by atoms with Gasteiger partial charge >= 0.3 is 0 Å². The lowest BCUT2D eigenvalue weighted by Crippen LogP contribution is -2.51. The van der Waals surface area contributed by atoms with E-state index in [-0.39, 0.29) is 17.3 Å². The molecule has 0 spiro atoms. The number of hydrogen-bond acceptors (Lipinski definition) is 4. The number of carbonyl (C=O) groups is 2. The van der Waals surface area contributed by atoms with Gasteiger partial charge in [0.15, 0.2) is 0 Å². The first kappa shape index (κ1) is 26.9. The Morgan fingerprint density at radius 1 is 0.917 bits per heavy atom. The van der Waals surface area contributed by atoms with E-state index in [1.54, 1.807) is 43.3 Å². The maximum absolute atomic E-state index is 13.8. The quantitative estimate of drug-likeness (QED) is 0.423. The topological polar surface area (TPSA) is 86.8 Å². The van der Waals surface area contributed by atoms with Crippen LogP contribution in [-0.2, 0) is 26.2 Å². The first-order chi connectivity index (χ1) is 17.2. The van der Waals surface area contributed by atoms with Crippen molar-refractivity contribution >= 4 is 27.5 Å². The average Bonchev–Trinajstić information content (AvgIpc) is 2.89. The van der Waals surface area contributed by atoms with Crippen LogP contribution in [0.1, 0.15) is 31.4 Å². The van der Waals surface area contributed by atoms with Gasteiger partial charge in [0.05, 0.1) is 10.6 Å². The summed E-state index contributed by atoms with van der Waals surface area (Å²) >= 11 is 0. The van der Waals surface area contributed by atoms with Crippen molar-refractivity contribution in [2.75, 3.05) is 17.4 Å². The van der Waals surface area contributed by atoms with Crippen molar-refractivity contribution in [3.63, 3.8) is 0 Å². The molecular weight excluding hydrogens is 474 g/mol. The van der Waals surface area contributed by atoms with Gasteiger partial charge in [-0.05, 0) is 55.7 Å². The molecule has 0 aliphatic rings. The molecule has 0 unspecified atom stereocenters. The van der Waals surface area contributed by atoms with E-state index >= 15 is 0 Å². The van der Waals surface area contributed by atoms with Crippen LogP contribution in [0.25, 0.3) is 0 Å². The van der Waals surface area contributed by atoms with Gasteiger partial charge in [-0.25, -0.2) is 8.42 Å². The number of benzene rings is 3. The molecule has 0 aliphatic carbocycles. The predicted molar refractivity (Wildman–Crippen MR) is 142 cm³/mol. The largest absolute Gasteiger partial charge is 0.354 e. The Labute approximate surface area is 213 Å². The van der Waals surface area contributed by atoms with Crippen LogP contribution in [0.4, 0.5) is 5.69 Å². The summed E-state index contributed by atoms with van der Waals surface area (Å²) in [6.45, 7) is 5.70. The monoisotopic (exact) mass is 507 g/mol. The Bertz CT molecular complexity index is 1260. The molecule has 3 aromatic carbocycles. The molecule has 0 aromatic heterocycles. The number of aryl methyl sites for hydroxylation is 1. The number of amides is 2. The van der Waals surface area contributed by atoms with E-state index in [0.29, 0.717) is 12.2 Å². The number of carbonyl (C=O) groups excluding carboxylic acids is 2. The SMILES string of the molecule is CCCNC(=O)[C@@H](C)N(Cc1ccccc1)C(=O)CN(c1cccc(C)c1)S(=O)(=O)c1ccccc1. The summed E-state index contributed by atoms with van der Waals surface area (Å²) in [7, 11) is -4.05. The second kappa shape index (κ2) is 12.4. The molecule has 2 amide bonds. The van der Waals surface area contributed by atoms with Gasteiger partial charge in [0.2, 0.25) is 11.8 Å². The molecule has 0 fully saturated rings. The molecule has 0 saturated carbocycles. The van der Waals surface area contributed by atoms with Gasteiger partial charge < -0.3 is 10.2 Å². The fourth-order valence-corrected chi connectivity index (χ4v) is 5.22. The molecule has 190 valence electrons. The third-order valence-corrected chi connectivity index (χ3v) is 7.60. The van der Waals surface area contributed by atoms with Crippen molar-refractivity contribution in [3.05, 3.63) is 96.1 Å². The average molecular weight is 508 g/mol. The standard InChI is InChI=1S/C28H33N3O4S/c1-4-18-29-28(33)23(3)30(20-24-13-7-5-8-14-24)27(32)21-31(25-15-11-12-22(2)19-25)36(34,35)26-16-9-6-10-17-26/h5-17,19,23H,4,18,20-21H2,1-3H3,(H,29,33)/t23-/m1/s1. The second-order valence-electron chi connectivity index (χ2n) is 8.64. The van der Waals surface area contributed by atoms with Crippen molar-refractivity contribution in [1.82, 2.24) is 10.2 Å². The summed E-state index contributed by atoms with van der Waals surface area (Å²) in [5, 5.41) is 2.84. The van der Waals surface area contributed by atoms with Gasteiger partial charge in [-0.2, -0.15) is 0 Å². The summed E-state index contributed by atoms with van der Waals surface area (Å²) in [4.78, 5) is 28.1. The Hall–Kier alpha value is -3.65. The van der Waals surface area contributed by atoms with E-state index in [0.717, 1.165) is 21.9 Å². The molecule has 36 heavy (non-hydrogen) atoms. The van der Waals surface area contributed by atoms with E-state index in [1.165, 1.54) is 17.0 Å². The van der Waals surface area contributed by atoms with Crippen LogP contribution in [0.5, 0.6) is 0 Å². The highest BCUT2D eigenvalue weighted by atomic mass is 32.2. The molecule has 8 heteroatoms. The molecule has 7 nitrogen and oxygen atoms in total. The van der Waals surface area contributed by atoms with Crippen molar-refractivity contribution < 1.29 is 18.0 Å². The van der Waals surface area contributed by atoms with Crippen molar-refractivity contribution in [3.8, 4) is 0 Å². The van der Waals surface area contributed by atoms with E-state index in [9.17, 15) is 18.0 Å². The number of nitrogens with zero attached hydrogens (tertiary/aromatic N) is 2. The third kappa shape index (κ3) is 6.73. The lowest BCUT2D eigenvalue weighted by Gasteiger charge is -2.32. The third-order valence-electron chi connectivity index (χ3n) is 5.81. The van der Waals surface area contributed by atoms with Gasteiger partial charge in [-0.1, -0.05) is 67.6 Å². The second-order valence-corrected chi connectivity index (χ2v) is 10.5. The summed E-state index contributed by atoms with van der Waals surface area (Å²) in [5.74, 6) is -0.756. The van der Waals surface area contributed by atoms with E-state index in [1.807, 2.05) is 50.2 Å². The molecule has 0 heterocycles. The highest BCUT2D eigenvalue weighted by molar-refractivity contribution is 7.92. The van der Waals surface area contributed by atoms with Crippen molar-refractivity contribution in [2.24, 2.45) is 0 Å². The molecule has 3 aromatic rings. The molecule has 0 radical (unpaired) electrons. The summed E-state index contributed by atoms with van der Waals surface area (Å²) in [5.41, 5.74) is 2.09. The molecule has 0 bridgehead atoms. The Balaban J connectivity index is 1.99. The lowest BCUT2D eigenvalue weighted by molar-refractivity contribution is -0.139. The molecule has 1 atom stereocenters. The maximum atomic E-state index is 13.8. The minimum Gasteiger partial charge on any atom is -0.354 e. The van der Waals surface area contributed by atoms with Gasteiger partial charge in [0.1, 0.15) is 12.6 Å². The number of nitrogens with one attached hydrogen (secondary N) is 1. The van der Waals surface area contributed by atoms with Crippen LogP contribution in [-0.4, -0.2) is 44.3 Å². The zero-order chi connectivity index (χ0) is 26.1. The van der Waals surface area contributed by atoms with Gasteiger partial charge in [0, 0.05) is 13.1 Å². The van der Waals surface area contributed by atoms with Gasteiger partial charge in [-0.15, -0.1) is 0 Å². The molecule has 1 N–H and O–H groups in total. The predicted octanol–water partition coefficient (Wildman–Crippen LogP) is 4.13. The van der Waals surface area contributed by atoms with Crippen LogP contribution < -0.4 is 9.62 Å². The fourth-order valence-electron chi connectivity index (χ4n) is 3.79. The van der Waals surface area contributed by atoms with Crippen LogP contribution >= 0.6 is 0 Å². The van der Waals surface area contributed by atoms with Crippen molar-refractivity contribution in [1.29, 1.82) is 0 Å². The van der Waals surface area contributed by atoms with Gasteiger partial charge in [0.25, 0.3) is 10.0 Å². The molecule has 0 aliphatic heterocycles. The van der Waals surface area contributed by atoms with Crippen LogP contribution in [0.15, 0.2) is 89.8 Å². The van der Waals surface area contributed by atoms with E-state index in [2.05, 4.69) is 5.32 Å². The Morgan fingerprint density at radius 2 is 1.56 bits per heavy atom. The zero-order valence-corrected chi connectivity index (χ0v) is 21.7. The highest BCUT2D eigenvalue weighted by Gasteiger charge is 2.32. The smallest absolute Gasteiger partial charge is 0.264 e. The molecule has 3 rings (SSSR count). The maximum Gasteiger partial charge on any atom is 0.264 e. The minimum absolute atomic E-state index is 0.0858. The summed E-state index contributed by atoms with van der Waals surface area (Å²) < 4.78 is 28.5. The number of rotatable bonds is 11. The zero-order valence-electron chi connectivity index (χ0n) is 20.9. The van der Waals surface area contributed by atoms with Gasteiger partial charge in [-0.3, -0.25) is 13.9 Å². The molecular formula is C28H33N3O4S. The fraction of sp³-hybridized carbons (Fsp3) is 0.286. The summed E-state index contributed by atoms with van der Waals surface area (Å²) in [6, 6.07) is 23.6. The first-order valence-electron chi connectivity index (χ1n) is 12.0. The Morgan fingerprint density at radius 3 is 2.17 bits per heavy atom. The number of anilines is 1. The molecule has 0 saturated heterocycles. The van der Waals surface area contributed by atoms with E-state index < -0.39 is 28.5 Å². The highest BCUT2D eigenvalue weighted by Crippen LogP contribution is 2.25. The van der Waals surface area contributed by atoms with Crippen LogP contribution in [0.3, 0.4) is 0 Å². The number of hydrogen-bond donors (Lipinski definition) is 1. The first-order valence-corrected chi connectivity index (χ1v) is 13.4. The Kier molecular flexibility index (Phi) is 9.25. The normalized spacial score (nSPS) is 12.0. The van der Waals surface area contributed by atoms with Crippen molar-refractivity contribution in [2.45, 2.75) is 44.7 Å². The number of sulfonamides is 1. The van der Waals surface area contributed by atoms with E-state index in [4.69, 9.17) is 0 Å². The van der Waals surface area contributed by atoms with Crippen LogP contribution in [0.2, 0.25) is 0 Å². The lowest BCUT2D eigenvalue weighted by atomic mass is 10.1.